The van der Waals surface area contributed by atoms with E-state index in [1.807, 2.05) is 0 Å². The van der Waals surface area contributed by atoms with Gasteiger partial charge >= 0.3 is 0 Å². The first-order chi connectivity index (χ1) is 36.7. The van der Waals surface area contributed by atoms with E-state index in [1.165, 1.54) is 43.6 Å². The minimum absolute atomic E-state index is 0.883. The van der Waals surface area contributed by atoms with Gasteiger partial charge in [0.15, 0.2) is 0 Å². The van der Waals surface area contributed by atoms with Crippen LogP contribution in [0.2, 0.25) is 0 Å². The maximum Gasteiger partial charge on any atom is 0.143 e. The van der Waals surface area contributed by atoms with Gasteiger partial charge in [0, 0.05) is 65.2 Å². The zero-order chi connectivity index (χ0) is 48.2. The summed E-state index contributed by atoms with van der Waals surface area (Å²) < 4.78 is 18.8. The fraction of sp³-hybridized carbons (Fsp3) is 0. The van der Waals surface area contributed by atoms with Crippen molar-refractivity contribution in [3.05, 3.63) is 243 Å². The second-order valence-electron chi connectivity index (χ2n) is 19.9. The van der Waals surface area contributed by atoms with E-state index in [-0.39, 0.29) is 0 Å². The lowest BCUT2D eigenvalue weighted by Crippen LogP contribution is -1.93. The van der Waals surface area contributed by atoms with Gasteiger partial charge in [-0.15, -0.1) is 0 Å². The van der Waals surface area contributed by atoms with Crippen LogP contribution in [-0.2, 0) is 0 Å². The van der Waals surface area contributed by atoms with Crippen molar-refractivity contribution in [3.8, 4) is 33.6 Å². The van der Waals surface area contributed by atoms with Crippen LogP contribution in [-0.4, -0.2) is 9.13 Å². The maximum atomic E-state index is 7.00. The summed E-state index contributed by atoms with van der Waals surface area (Å²) in [5.74, 6) is 0. The molecule has 0 aliphatic carbocycles. The van der Waals surface area contributed by atoms with Gasteiger partial charge in [-0.1, -0.05) is 133 Å². The number of aromatic nitrogens is 2. The highest BCUT2D eigenvalue weighted by atomic mass is 16.3. The van der Waals surface area contributed by atoms with Crippen LogP contribution in [0.5, 0.6) is 0 Å². The third-order valence-electron chi connectivity index (χ3n) is 16.0. The van der Waals surface area contributed by atoms with Gasteiger partial charge in [0.25, 0.3) is 0 Å². The summed E-state index contributed by atoms with van der Waals surface area (Å²) >= 11 is 0. The quantitative estimate of drug-likeness (QED) is 0.130. The Kier molecular flexibility index (Phi) is 7.97. The van der Waals surface area contributed by atoms with Crippen LogP contribution in [0.3, 0.4) is 0 Å². The Balaban J connectivity index is 0.986. The van der Waals surface area contributed by atoms with Crippen LogP contribution in [0, 0.1) is 0 Å². The van der Waals surface area contributed by atoms with E-state index in [9.17, 15) is 0 Å². The number of nitrogens with zero attached hydrogens (tertiary/aromatic N) is 2. The van der Waals surface area contributed by atoms with E-state index in [1.54, 1.807) is 0 Å². The zero-order valence-electron chi connectivity index (χ0n) is 39.8. The molecule has 0 unspecified atom stereocenters. The van der Waals surface area contributed by atoms with E-state index in [0.717, 1.165) is 121 Å². The number of furan rings is 2. The summed E-state index contributed by atoms with van der Waals surface area (Å²) in [5.41, 5.74) is 15.2. The Hall–Kier alpha value is -9.90. The van der Waals surface area contributed by atoms with Crippen molar-refractivity contribution in [1.82, 2.24) is 9.13 Å². The molecule has 4 nitrogen and oxygen atoms in total. The van der Waals surface area contributed by atoms with E-state index in [0.29, 0.717) is 0 Å². The molecule has 0 aliphatic heterocycles. The first kappa shape index (κ1) is 39.8. The van der Waals surface area contributed by atoms with Crippen molar-refractivity contribution in [2.24, 2.45) is 0 Å². The van der Waals surface area contributed by atoms with Crippen molar-refractivity contribution in [1.29, 1.82) is 0 Å². The molecule has 0 saturated carbocycles. The van der Waals surface area contributed by atoms with Crippen LogP contribution >= 0.6 is 0 Å². The molecule has 0 bridgehead atoms. The first-order valence-corrected chi connectivity index (χ1v) is 25.4. The SMILES string of the molecule is c1ccc(-n2c3ccccc3c3cc(-c4cc5cc6c(cc(-c7ccc8c(c7)c7ccccc7n8-c7ccccc7)c7ccc8c9ccccc9oc8c76)cc5c5c4ccc4c6ccccc6oc45)ccc32)cc1. The lowest BCUT2D eigenvalue weighted by Gasteiger charge is -2.16. The fourth-order valence-electron chi connectivity index (χ4n) is 12.8. The Morgan fingerprint density at radius 3 is 1.08 bits per heavy atom. The molecule has 74 heavy (non-hydrogen) atoms. The summed E-state index contributed by atoms with van der Waals surface area (Å²) in [6.07, 6.45) is 0. The van der Waals surface area contributed by atoms with Crippen LogP contribution in [0.4, 0.5) is 0 Å². The summed E-state index contributed by atoms with van der Waals surface area (Å²) in [6, 6.07) is 88.6. The third kappa shape index (κ3) is 5.46. The average Bonchev–Trinajstić information content (AvgIpc) is 4.22. The van der Waals surface area contributed by atoms with Gasteiger partial charge in [-0.25, -0.2) is 0 Å². The molecule has 17 aromatic rings. The zero-order valence-corrected chi connectivity index (χ0v) is 39.8. The van der Waals surface area contributed by atoms with Gasteiger partial charge in [0.1, 0.15) is 22.3 Å². The highest BCUT2D eigenvalue weighted by molar-refractivity contribution is 6.32. The molecule has 0 atom stereocenters. The minimum Gasteiger partial charge on any atom is -0.455 e. The van der Waals surface area contributed by atoms with Gasteiger partial charge in [0.05, 0.1) is 22.1 Å². The van der Waals surface area contributed by atoms with Crippen molar-refractivity contribution in [3.63, 3.8) is 0 Å². The molecule has 13 aromatic carbocycles. The van der Waals surface area contributed by atoms with Crippen molar-refractivity contribution in [2.75, 3.05) is 0 Å². The Labute approximate surface area is 422 Å². The molecular formula is C70H40N2O2. The topological polar surface area (TPSA) is 36.1 Å². The van der Waals surface area contributed by atoms with Crippen LogP contribution in [0.25, 0.3) is 164 Å². The smallest absolute Gasteiger partial charge is 0.143 e. The molecule has 0 fully saturated rings. The summed E-state index contributed by atoms with van der Waals surface area (Å²) in [4.78, 5) is 0. The molecule has 0 radical (unpaired) electrons. The summed E-state index contributed by atoms with van der Waals surface area (Å²) in [5, 5.41) is 18.4. The second kappa shape index (κ2) is 14.8. The predicted octanol–water partition coefficient (Wildman–Crippen LogP) is 19.6. The second-order valence-corrected chi connectivity index (χ2v) is 19.9. The van der Waals surface area contributed by atoms with E-state index in [2.05, 4.69) is 252 Å². The van der Waals surface area contributed by atoms with Gasteiger partial charge in [0.2, 0.25) is 0 Å². The standard InChI is InChI=1S/C70H40N2O2/c1-3-15-45(16-4-1)71-61-23-11-7-19-47(61)59-35-41(27-33-63(59)71)55-37-43-39-58-44(40-57(43)67-51(55)29-31-53-49-21-9-13-25-65(49)73-69(53)67)38-56(52-30-32-54-50-22-10-14-26-66(50)74-70(54)68(52)58)42-28-34-64-60(36-42)48-20-8-12-24-62(48)72(64)46-17-5-2-6-18-46/h1-40H. The molecule has 0 saturated heterocycles. The molecule has 0 aliphatic rings. The minimum atomic E-state index is 0.883. The summed E-state index contributed by atoms with van der Waals surface area (Å²) in [7, 11) is 0. The number of hydrogen-bond donors (Lipinski definition) is 0. The molecule has 4 heteroatoms. The van der Waals surface area contributed by atoms with Gasteiger partial charge in [-0.3, -0.25) is 0 Å². The van der Waals surface area contributed by atoms with Crippen molar-refractivity contribution in [2.45, 2.75) is 0 Å². The molecule has 4 heterocycles. The van der Waals surface area contributed by atoms with E-state index >= 15 is 0 Å². The Bertz CT molecular complexity index is 4910. The average molecular weight is 941 g/mol. The normalized spacial score (nSPS) is 12.3. The molecule has 0 N–H and O–H groups in total. The largest absolute Gasteiger partial charge is 0.455 e. The number of benzene rings is 13. The lowest BCUT2D eigenvalue weighted by molar-refractivity contribution is 0.672. The number of hydrogen-bond acceptors (Lipinski definition) is 2. The lowest BCUT2D eigenvalue weighted by atomic mass is 9.87. The first-order valence-electron chi connectivity index (χ1n) is 25.4. The predicted molar refractivity (Wildman–Crippen MR) is 311 cm³/mol. The van der Waals surface area contributed by atoms with Crippen molar-refractivity contribution >= 4 is 131 Å². The highest BCUT2D eigenvalue weighted by Crippen LogP contribution is 2.48. The highest BCUT2D eigenvalue weighted by Gasteiger charge is 2.23. The Morgan fingerprint density at radius 2 is 0.622 bits per heavy atom. The van der Waals surface area contributed by atoms with Gasteiger partial charge < -0.3 is 18.0 Å². The number of para-hydroxylation sites is 6. The molecule has 17 rings (SSSR count). The number of fused-ring (bicyclic) bond motifs is 20. The molecule has 4 aromatic heterocycles. The fourth-order valence-corrected chi connectivity index (χ4v) is 12.8. The summed E-state index contributed by atoms with van der Waals surface area (Å²) in [6.45, 7) is 0. The monoisotopic (exact) mass is 940 g/mol. The maximum absolute atomic E-state index is 7.00. The van der Waals surface area contributed by atoms with Gasteiger partial charge in [-0.05, 0) is 164 Å². The van der Waals surface area contributed by atoms with Crippen LogP contribution in [0.15, 0.2) is 251 Å². The molecule has 342 valence electrons. The van der Waals surface area contributed by atoms with Crippen LogP contribution in [0.1, 0.15) is 0 Å². The molecule has 0 amide bonds. The van der Waals surface area contributed by atoms with E-state index in [4.69, 9.17) is 8.83 Å². The van der Waals surface area contributed by atoms with Crippen LogP contribution < -0.4 is 0 Å². The van der Waals surface area contributed by atoms with E-state index < -0.39 is 0 Å². The van der Waals surface area contributed by atoms with Gasteiger partial charge in [-0.2, -0.15) is 0 Å². The number of rotatable bonds is 4. The Morgan fingerprint density at radius 1 is 0.243 bits per heavy atom. The third-order valence-corrected chi connectivity index (χ3v) is 16.0. The molecule has 0 spiro atoms. The van der Waals surface area contributed by atoms with Crippen molar-refractivity contribution < 1.29 is 8.83 Å². The molecular weight excluding hydrogens is 901 g/mol.